The van der Waals surface area contributed by atoms with Crippen LogP contribution in [0.3, 0.4) is 0 Å². The second-order valence-electron chi connectivity index (χ2n) is 5.05. The maximum absolute atomic E-state index is 12.4. The summed E-state index contributed by atoms with van der Waals surface area (Å²) in [6.07, 6.45) is -2.35. The molecule has 0 aromatic heterocycles. The summed E-state index contributed by atoms with van der Waals surface area (Å²) in [5, 5.41) is 0.881. The predicted molar refractivity (Wildman–Crippen MR) is 71.9 cm³/mol. The van der Waals surface area contributed by atoms with Crippen LogP contribution in [0.2, 0.25) is 0 Å². The first-order valence-corrected chi connectivity index (χ1v) is 7.17. The maximum atomic E-state index is 12.4. The summed E-state index contributed by atoms with van der Waals surface area (Å²) < 4.78 is 37.2. The minimum atomic E-state index is -4.24. The van der Waals surface area contributed by atoms with Gasteiger partial charge in [0, 0.05) is 5.33 Å². The van der Waals surface area contributed by atoms with Gasteiger partial charge in [-0.05, 0) is 42.4 Å². The van der Waals surface area contributed by atoms with Crippen molar-refractivity contribution in [1.29, 1.82) is 0 Å². The summed E-state index contributed by atoms with van der Waals surface area (Å²) in [5.41, 5.74) is 0.388. The molecule has 0 nitrogen and oxygen atoms in total. The van der Waals surface area contributed by atoms with Crippen molar-refractivity contribution in [1.82, 2.24) is 0 Å². The summed E-state index contributed by atoms with van der Waals surface area (Å²) >= 11 is 3.47. The predicted octanol–water partition coefficient (Wildman–Crippen LogP) is 5.31. The van der Waals surface area contributed by atoms with Gasteiger partial charge in [0.1, 0.15) is 0 Å². The van der Waals surface area contributed by atoms with E-state index in [0.717, 1.165) is 35.9 Å². The van der Waals surface area contributed by atoms with Gasteiger partial charge in [-0.1, -0.05) is 41.9 Å². The molecule has 0 aliphatic rings. The van der Waals surface area contributed by atoms with Crippen molar-refractivity contribution < 1.29 is 13.2 Å². The first-order chi connectivity index (χ1) is 8.32. The first kappa shape index (κ1) is 15.5. The van der Waals surface area contributed by atoms with Crippen LogP contribution in [0.5, 0.6) is 0 Å². The van der Waals surface area contributed by atoms with Crippen LogP contribution < -0.4 is 0 Å². The van der Waals surface area contributed by atoms with E-state index in [1.807, 2.05) is 0 Å². The Morgan fingerprint density at radius 3 is 2.06 bits per heavy atom. The van der Waals surface area contributed by atoms with E-state index in [4.69, 9.17) is 0 Å². The Morgan fingerprint density at radius 1 is 1.11 bits per heavy atom. The normalized spacial score (nSPS) is 13.9. The highest BCUT2D eigenvalue weighted by atomic mass is 79.9. The van der Waals surface area contributed by atoms with Crippen LogP contribution in [-0.4, -0.2) is 5.33 Å². The summed E-state index contributed by atoms with van der Waals surface area (Å²) in [7, 11) is 0. The second kappa shape index (κ2) is 6.60. The molecule has 1 aromatic rings. The molecular weight excluding hydrogens is 305 g/mol. The SMILES string of the molecule is CC(C)CC(CBr)Cc1ccc(C(F)(F)F)cc1. The van der Waals surface area contributed by atoms with Gasteiger partial charge >= 0.3 is 6.18 Å². The van der Waals surface area contributed by atoms with Gasteiger partial charge in [-0.3, -0.25) is 0 Å². The third-order valence-corrected chi connectivity index (χ3v) is 3.74. The molecule has 0 N–H and O–H groups in total. The van der Waals surface area contributed by atoms with Gasteiger partial charge in [-0.2, -0.15) is 13.2 Å². The molecule has 1 aromatic carbocycles. The van der Waals surface area contributed by atoms with Crippen LogP contribution in [-0.2, 0) is 12.6 Å². The smallest absolute Gasteiger partial charge is 0.166 e. The van der Waals surface area contributed by atoms with Crippen molar-refractivity contribution in [3.05, 3.63) is 35.4 Å². The van der Waals surface area contributed by atoms with Gasteiger partial charge in [-0.25, -0.2) is 0 Å². The van der Waals surface area contributed by atoms with E-state index in [1.54, 1.807) is 12.1 Å². The number of halogens is 4. The zero-order valence-corrected chi connectivity index (χ0v) is 12.2. The van der Waals surface area contributed by atoms with Gasteiger partial charge in [-0.15, -0.1) is 0 Å². The molecule has 0 aliphatic heterocycles. The average Bonchev–Trinajstić information content (AvgIpc) is 2.27. The van der Waals surface area contributed by atoms with Gasteiger partial charge < -0.3 is 0 Å². The number of hydrogen-bond acceptors (Lipinski definition) is 0. The van der Waals surface area contributed by atoms with Crippen molar-refractivity contribution in [3.63, 3.8) is 0 Å². The molecule has 102 valence electrons. The van der Waals surface area contributed by atoms with Gasteiger partial charge in [0.25, 0.3) is 0 Å². The van der Waals surface area contributed by atoms with Crippen LogP contribution in [0.4, 0.5) is 13.2 Å². The topological polar surface area (TPSA) is 0 Å². The summed E-state index contributed by atoms with van der Waals surface area (Å²) in [4.78, 5) is 0. The number of rotatable bonds is 5. The molecule has 0 saturated carbocycles. The zero-order chi connectivity index (χ0) is 13.8. The molecule has 0 aliphatic carbocycles. The van der Waals surface area contributed by atoms with Crippen LogP contribution in [0.25, 0.3) is 0 Å². The zero-order valence-electron chi connectivity index (χ0n) is 10.6. The van der Waals surface area contributed by atoms with E-state index < -0.39 is 11.7 Å². The minimum Gasteiger partial charge on any atom is -0.166 e. The average molecular weight is 323 g/mol. The fourth-order valence-corrected chi connectivity index (χ4v) is 2.52. The second-order valence-corrected chi connectivity index (χ2v) is 5.70. The van der Waals surface area contributed by atoms with Crippen LogP contribution in [0.15, 0.2) is 24.3 Å². The molecule has 0 bridgehead atoms. The lowest BCUT2D eigenvalue weighted by Crippen LogP contribution is -2.10. The standard InChI is InChI=1S/C14H18BrF3/c1-10(2)7-12(9-15)8-11-3-5-13(6-4-11)14(16,17)18/h3-6,10,12H,7-9H2,1-2H3. The number of benzene rings is 1. The largest absolute Gasteiger partial charge is 0.416 e. The first-order valence-electron chi connectivity index (χ1n) is 6.05. The van der Waals surface area contributed by atoms with E-state index in [2.05, 4.69) is 29.8 Å². The molecule has 0 saturated heterocycles. The highest BCUT2D eigenvalue weighted by molar-refractivity contribution is 9.09. The lowest BCUT2D eigenvalue weighted by atomic mass is 9.92. The van der Waals surface area contributed by atoms with E-state index in [1.165, 1.54) is 0 Å². The van der Waals surface area contributed by atoms with E-state index in [0.29, 0.717) is 11.8 Å². The quantitative estimate of drug-likeness (QED) is 0.645. The number of alkyl halides is 4. The third kappa shape index (κ3) is 5.01. The molecule has 1 rings (SSSR count). The van der Waals surface area contributed by atoms with E-state index >= 15 is 0 Å². The summed E-state index contributed by atoms with van der Waals surface area (Å²) in [6.45, 7) is 4.31. The summed E-state index contributed by atoms with van der Waals surface area (Å²) in [6, 6.07) is 5.49. The monoisotopic (exact) mass is 322 g/mol. The molecule has 0 heterocycles. The Balaban J connectivity index is 2.68. The Morgan fingerprint density at radius 2 is 1.67 bits per heavy atom. The molecule has 18 heavy (non-hydrogen) atoms. The molecule has 1 unspecified atom stereocenters. The highest BCUT2D eigenvalue weighted by Crippen LogP contribution is 2.29. The van der Waals surface area contributed by atoms with Gasteiger partial charge in [0.15, 0.2) is 0 Å². The Kier molecular flexibility index (Phi) is 5.70. The molecular formula is C14H18BrF3. The fraction of sp³-hybridized carbons (Fsp3) is 0.571. The molecule has 0 fully saturated rings. The summed E-state index contributed by atoms with van der Waals surface area (Å²) in [5.74, 6) is 1.07. The van der Waals surface area contributed by atoms with Gasteiger partial charge in [0.05, 0.1) is 5.56 Å². The van der Waals surface area contributed by atoms with Gasteiger partial charge in [0.2, 0.25) is 0 Å². The van der Waals surface area contributed by atoms with Crippen molar-refractivity contribution in [2.75, 3.05) is 5.33 Å². The highest BCUT2D eigenvalue weighted by Gasteiger charge is 2.29. The maximum Gasteiger partial charge on any atom is 0.416 e. The molecule has 4 heteroatoms. The lowest BCUT2D eigenvalue weighted by Gasteiger charge is -2.16. The molecule has 1 atom stereocenters. The van der Waals surface area contributed by atoms with Crippen molar-refractivity contribution in [2.24, 2.45) is 11.8 Å². The Hall–Kier alpha value is -0.510. The van der Waals surface area contributed by atoms with Crippen LogP contribution >= 0.6 is 15.9 Å². The molecule has 0 spiro atoms. The molecule has 0 amide bonds. The van der Waals surface area contributed by atoms with E-state index in [-0.39, 0.29) is 0 Å². The van der Waals surface area contributed by atoms with Crippen molar-refractivity contribution >= 4 is 15.9 Å². The Bertz CT molecular complexity index is 354. The lowest BCUT2D eigenvalue weighted by molar-refractivity contribution is -0.137. The molecule has 0 radical (unpaired) electrons. The Labute approximate surface area is 115 Å². The van der Waals surface area contributed by atoms with Crippen molar-refractivity contribution in [2.45, 2.75) is 32.9 Å². The third-order valence-electron chi connectivity index (χ3n) is 2.83. The minimum absolute atomic E-state index is 0.474. The fourth-order valence-electron chi connectivity index (χ4n) is 2.03. The van der Waals surface area contributed by atoms with Crippen LogP contribution in [0.1, 0.15) is 31.4 Å². The number of hydrogen-bond donors (Lipinski definition) is 0. The van der Waals surface area contributed by atoms with Crippen LogP contribution in [0, 0.1) is 11.8 Å². The van der Waals surface area contributed by atoms with Crippen molar-refractivity contribution in [3.8, 4) is 0 Å². The van der Waals surface area contributed by atoms with E-state index in [9.17, 15) is 13.2 Å².